The highest BCUT2D eigenvalue weighted by atomic mass is 35.5. The molecule has 4 nitrogen and oxygen atoms in total. The van der Waals surface area contributed by atoms with E-state index in [9.17, 15) is 18.0 Å². The van der Waals surface area contributed by atoms with Gasteiger partial charge in [-0.2, -0.15) is 13.2 Å². The Kier molecular flexibility index (Phi) is 6.50. The van der Waals surface area contributed by atoms with Crippen LogP contribution >= 0.6 is 23.2 Å². The molecule has 0 bridgehead atoms. The maximum atomic E-state index is 13.0. The molecule has 2 rings (SSSR count). The van der Waals surface area contributed by atoms with Gasteiger partial charge in [0.2, 0.25) is 0 Å². The van der Waals surface area contributed by atoms with Crippen LogP contribution < -0.4 is 5.32 Å². The first-order valence-electron chi connectivity index (χ1n) is 7.24. The fourth-order valence-corrected chi connectivity index (χ4v) is 2.72. The van der Waals surface area contributed by atoms with Gasteiger partial charge in [0.15, 0.2) is 0 Å². The van der Waals surface area contributed by atoms with E-state index in [1.54, 1.807) is 12.1 Å². The molecule has 0 heterocycles. The van der Waals surface area contributed by atoms with Gasteiger partial charge in [-0.1, -0.05) is 40.5 Å². The third-order valence-electron chi connectivity index (χ3n) is 3.34. The molecular formula is C17H13Cl2F3N2O2. The van der Waals surface area contributed by atoms with Crippen molar-refractivity contribution >= 4 is 34.8 Å². The molecule has 138 valence electrons. The van der Waals surface area contributed by atoms with Crippen LogP contribution in [0.1, 0.15) is 21.5 Å². The van der Waals surface area contributed by atoms with E-state index in [0.29, 0.717) is 10.6 Å². The summed E-state index contributed by atoms with van der Waals surface area (Å²) in [6.45, 7) is -0.194. The summed E-state index contributed by atoms with van der Waals surface area (Å²) in [6, 6.07) is 9.11. The minimum atomic E-state index is -4.64. The van der Waals surface area contributed by atoms with Gasteiger partial charge in [-0.05, 0) is 30.3 Å². The van der Waals surface area contributed by atoms with Gasteiger partial charge >= 0.3 is 6.18 Å². The lowest BCUT2D eigenvalue weighted by Gasteiger charge is -2.13. The van der Waals surface area contributed by atoms with Crippen LogP contribution in [0.25, 0.3) is 0 Å². The third-order valence-corrected chi connectivity index (χ3v) is 3.88. The zero-order chi connectivity index (χ0) is 19.3. The van der Waals surface area contributed by atoms with Crippen LogP contribution in [0.2, 0.25) is 10.0 Å². The molecule has 0 aliphatic heterocycles. The molecule has 0 saturated heterocycles. The number of halogens is 5. The zero-order valence-corrected chi connectivity index (χ0v) is 14.9. The van der Waals surface area contributed by atoms with E-state index in [1.165, 1.54) is 25.3 Å². The van der Waals surface area contributed by atoms with Crippen molar-refractivity contribution in [2.45, 2.75) is 6.18 Å². The second kappa shape index (κ2) is 8.42. The second-order valence-electron chi connectivity index (χ2n) is 5.07. The maximum absolute atomic E-state index is 13.0. The van der Waals surface area contributed by atoms with E-state index in [-0.39, 0.29) is 17.3 Å². The predicted octanol–water partition coefficient (Wildman–Crippen LogP) is 4.79. The summed E-state index contributed by atoms with van der Waals surface area (Å²) in [5.74, 6) is -0.896. The molecule has 0 saturated carbocycles. The van der Waals surface area contributed by atoms with Crippen molar-refractivity contribution in [3.05, 3.63) is 69.2 Å². The van der Waals surface area contributed by atoms with Crippen molar-refractivity contribution in [1.29, 1.82) is 0 Å². The Morgan fingerprint density at radius 3 is 2.46 bits per heavy atom. The monoisotopic (exact) mass is 404 g/mol. The second-order valence-corrected chi connectivity index (χ2v) is 5.91. The molecule has 0 aliphatic rings. The van der Waals surface area contributed by atoms with Crippen LogP contribution in [0.4, 0.5) is 13.2 Å². The summed E-state index contributed by atoms with van der Waals surface area (Å²) in [5, 5.41) is 6.83. The molecule has 0 atom stereocenters. The van der Waals surface area contributed by atoms with E-state index in [1.807, 2.05) is 0 Å². The van der Waals surface area contributed by atoms with E-state index in [2.05, 4.69) is 10.5 Å². The number of hydrogen-bond donors (Lipinski definition) is 1. The Bertz CT molecular complexity index is 839. The number of carbonyl (C=O) groups excluding carboxylic acids is 1. The number of hydrogen-bond acceptors (Lipinski definition) is 3. The molecule has 0 aliphatic carbocycles. The van der Waals surface area contributed by atoms with Gasteiger partial charge in [-0.15, -0.1) is 0 Å². The average molecular weight is 405 g/mol. The Hall–Kier alpha value is -2.25. The van der Waals surface area contributed by atoms with E-state index >= 15 is 0 Å². The fourth-order valence-electron chi connectivity index (χ4n) is 2.20. The van der Waals surface area contributed by atoms with Crippen molar-refractivity contribution in [2.75, 3.05) is 13.7 Å². The topological polar surface area (TPSA) is 50.7 Å². The van der Waals surface area contributed by atoms with Crippen LogP contribution in [-0.4, -0.2) is 25.3 Å². The van der Waals surface area contributed by atoms with E-state index in [4.69, 9.17) is 28.0 Å². The lowest BCUT2D eigenvalue weighted by Crippen LogP contribution is -2.31. The Balaban J connectivity index is 2.23. The van der Waals surface area contributed by atoms with Gasteiger partial charge in [0.25, 0.3) is 5.91 Å². The van der Waals surface area contributed by atoms with Crippen molar-refractivity contribution in [2.24, 2.45) is 5.16 Å². The van der Waals surface area contributed by atoms with Crippen LogP contribution in [0, 0.1) is 0 Å². The van der Waals surface area contributed by atoms with Crippen LogP contribution in [0.15, 0.2) is 47.6 Å². The van der Waals surface area contributed by atoms with E-state index < -0.39 is 23.2 Å². The van der Waals surface area contributed by atoms with Crippen molar-refractivity contribution in [1.82, 2.24) is 5.32 Å². The van der Waals surface area contributed by atoms with Gasteiger partial charge in [0.1, 0.15) is 12.8 Å². The molecule has 26 heavy (non-hydrogen) atoms. The first-order chi connectivity index (χ1) is 12.2. The first-order valence-corrected chi connectivity index (χ1v) is 7.99. The molecular weight excluding hydrogens is 392 g/mol. The summed E-state index contributed by atoms with van der Waals surface area (Å²) in [5.41, 5.74) is -0.847. The quantitative estimate of drug-likeness (QED) is 0.575. The molecule has 0 unspecified atom stereocenters. The molecule has 0 aromatic heterocycles. The number of amides is 1. The lowest BCUT2D eigenvalue weighted by atomic mass is 10.1. The van der Waals surface area contributed by atoms with Crippen molar-refractivity contribution in [3.8, 4) is 0 Å². The van der Waals surface area contributed by atoms with Crippen molar-refractivity contribution < 1.29 is 22.8 Å². The number of rotatable bonds is 5. The van der Waals surface area contributed by atoms with Crippen LogP contribution in [-0.2, 0) is 11.0 Å². The minimum absolute atomic E-state index is 0.194. The highest BCUT2D eigenvalue weighted by Gasteiger charge is 2.34. The number of benzene rings is 2. The minimum Gasteiger partial charge on any atom is -0.399 e. The normalized spacial score (nSPS) is 12.0. The molecule has 0 radical (unpaired) electrons. The summed E-state index contributed by atoms with van der Waals surface area (Å²) >= 11 is 11.9. The highest BCUT2D eigenvalue weighted by Crippen LogP contribution is 2.31. The first kappa shape index (κ1) is 20.1. The lowest BCUT2D eigenvalue weighted by molar-refractivity contribution is -0.137. The van der Waals surface area contributed by atoms with Gasteiger partial charge < -0.3 is 10.2 Å². The predicted molar refractivity (Wildman–Crippen MR) is 93.8 cm³/mol. The number of carbonyl (C=O) groups is 1. The molecule has 1 amide bonds. The summed E-state index contributed by atoms with van der Waals surface area (Å²) in [4.78, 5) is 17.0. The molecule has 0 fully saturated rings. The Labute approximate surface area is 157 Å². The van der Waals surface area contributed by atoms with Gasteiger partial charge in [-0.25, -0.2) is 0 Å². The van der Waals surface area contributed by atoms with Gasteiger partial charge in [-0.3, -0.25) is 4.79 Å². The number of oxime groups is 1. The third kappa shape index (κ3) is 4.89. The fraction of sp³-hybridized carbons (Fsp3) is 0.176. The molecule has 9 heteroatoms. The van der Waals surface area contributed by atoms with Crippen LogP contribution in [0.3, 0.4) is 0 Å². The maximum Gasteiger partial charge on any atom is 0.417 e. The number of alkyl halides is 3. The number of nitrogens with zero attached hydrogens (tertiary/aromatic N) is 1. The standard InChI is InChI=1S/C17H13Cl2F3N2O2/c1-26-24-15(12-7-6-10(18)8-14(12)19)9-23-16(25)11-4-2-3-5-13(11)17(20,21)22/h2-8H,9H2,1H3,(H,23,25). The van der Waals surface area contributed by atoms with Gasteiger partial charge in [0.05, 0.1) is 22.7 Å². The van der Waals surface area contributed by atoms with Crippen LogP contribution in [0.5, 0.6) is 0 Å². The smallest absolute Gasteiger partial charge is 0.399 e. The summed E-state index contributed by atoms with van der Waals surface area (Å²) in [6.07, 6.45) is -4.64. The highest BCUT2D eigenvalue weighted by molar-refractivity contribution is 6.37. The molecule has 0 spiro atoms. The van der Waals surface area contributed by atoms with Crippen molar-refractivity contribution in [3.63, 3.8) is 0 Å². The number of nitrogens with one attached hydrogen (secondary N) is 1. The van der Waals surface area contributed by atoms with Gasteiger partial charge in [0, 0.05) is 10.6 Å². The SMILES string of the molecule is CON=C(CNC(=O)c1ccccc1C(F)(F)F)c1ccc(Cl)cc1Cl. The Morgan fingerprint density at radius 2 is 1.85 bits per heavy atom. The van der Waals surface area contributed by atoms with E-state index in [0.717, 1.165) is 12.1 Å². The largest absolute Gasteiger partial charge is 0.417 e. The zero-order valence-electron chi connectivity index (χ0n) is 13.4. The molecule has 1 N–H and O–H groups in total. The molecule has 2 aromatic carbocycles. The summed E-state index contributed by atoms with van der Waals surface area (Å²) in [7, 11) is 1.30. The molecule has 2 aromatic rings. The summed E-state index contributed by atoms with van der Waals surface area (Å²) < 4.78 is 39.1. The average Bonchev–Trinajstić information content (AvgIpc) is 2.58. The Morgan fingerprint density at radius 1 is 1.15 bits per heavy atom.